The molecule has 2 aromatic carbocycles. The van der Waals surface area contributed by atoms with Gasteiger partial charge in [0.05, 0.1) is 18.7 Å². The molecule has 0 saturated heterocycles. The van der Waals surface area contributed by atoms with E-state index in [1.54, 1.807) is 36.4 Å². The largest absolute Gasteiger partial charge is 0.491 e. The van der Waals surface area contributed by atoms with Crippen molar-refractivity contribution in [1.29, 1.82) is 0 Å². The van der Waals surface area contributed by atoms with Crippen molar-refractivity contribution in [1.82, 2.24) is 0 Å². The van der Waals surface area contributed by atoms with Crippen LogP contribution in [-0.2, 0) is 19.7 Å². The van der Waals surface area contributed by atoms with Crippen LogP contribution in [0.15, 0.2) is 48.5 Å². The molecule has 152 valence electrons. The van der Waals surface area contributed by atoms with Gasteiger partial charge in [-0.15, -0.1) is 0 Å². The number of esters is 1. The third-order valence-electron chi connectivity index (χ3n) is 4.75. The van der Waals surface area contributed by atoms with Crippen molar-refractivity contribution in [3.8, 4) is 5.75 Å². The van der Waals surface area contributed by atoms with Crippen LogP contribution in [0.2, 0.25) is 0 Å². The summed E-state index contributed by atoms with van der Waals surface area (Å²) in [7, 11) is 0. The van der Waals surface area contributed by atoms with Crippen molar-refractivity contribution < 1.29 is 23.9 Å². The van der Waals surface area contributed by atoms with Gasteiger partial charge in [-0.25, -0.2) is 0 Å². The van der Waals surface area contributed by atoms with Gasteiger partial charge >= 0.3 is 5.97 Å². The summed E-state index contributed by atoms with van der Waals surface area (Å²) in [5.74, 6) is -0.614. The fourth-order valence-corrected chi connectivity index (χ4v) is 3.05. The Labute approximate surface area is 170 Å². The second-order valence-corrected chi connectivity index (χ2v) is 7.96. The number of ether oxygens (including phenoxy) is 2. The van der Waals surface area contributed by atoms with Gasteiger partial charge in [-0.05, 0) is 23.1 Å². The molecule has 1 amide bonds. The Hall–Kier alpha value is -3.15. The van der Waals surface area contributed by atoms with Gasteiger partial charge in [-0.3, -0.25) is 19.3 Å². The number of ketones is 1. The highest BCUT2D eigenvalue weighted by Crippen LogP contribution is 2.30. The predicted molar refractivity (Wildman–Crippen MR) is 109 cm³/mol. The Bertz CT molecular complexity index is 912. The first-order valence-electron chi connectivity index (χ1n) is 9.57. The zero-order chi connectivity index (χ0) is 21.0. The van der Waals surface area contributed by atoms with Crippen LogP contribution in [0.4, 0.5) is 5.69 Å². The maximum atomic E-state index is 12.4. The molecule has 0 saturated carbocycles. The molecule has 0 aliphatic carbocycles. The number of nitrogens with zero attached hydrogens (tertiary/aromatic N) is 1. The highest BCUT2D eigenvalue weighted by atomic mass is 16.5. The lowest BCUT2D eigenvalue weighted by Crippen LogP contribution is -2.36. The number of carbonyl (C=O) groups excluding carboxylic acids is 3. The Morgan fingerprint density at radius 2 is 1.76 bits per heavy atom. The summed E-state index contributed by atoms with van der Waals surface area (Å²) in [6.45, 7) is 5.91. The van der Waals surface area contributed by atoms with Crippen LogP contribution in [0.5, 0.6) is 5.75 Å². The number of para-hydroxylation sites is 2. The summed E-state index contributed by atoms with van der Waals surface area (Å²) in [6, 6.07) is 14.3. The average Bonchev–Trinajstić information content (AvgIpc) is 2.84. The summed E-state index contributed by atoms with van der Waals surface area (Å²) in [6.07, 6.45) is 0.168. The first-order chi connectivity index (χ1) is 13.8. The molecule has 3 rings (SSSR count). The molecule has 0 radical (unpaired) electrons. The number of amides is 1. The molecule has 2 aromatic rings. The van der Waals surface area contributed by atoms with E-state index in [9.17, 15) is 14.4 Å². The third kappa shape index (κ3) is 5.02. The fraction of sp³-hybridized carbons (Fsp3) is 0.348. The summed E-state index contributed by atoms with van der Waals surface area (Å²) >= 11 is 0. The molecule has 1 aliphatic heterocycles. The number of benzene rings is 2. The molecule has 0 unspecified atom stereocenters. The van der Waals surface area contributed by atoms with E-state index >= 15 is 0 Å². The van der Waals surface area contributed by atoms with Crippen molar-refractivity contribution in [3.63, 3.8) is 0 Å². The van der Waals surface area contributed by atoms with E-state index in [2.05, 4.69) is 20.8 Å². The van der Waals surface area contributed by atoms with Crippen LogP contribution < -0.4 is 9.64 Å². The zero-order valence-electron chi connectivity index (χ0n) is 16.9. The van der Waals surface area contributed by atoms with E-state index in [0.717, 1.165) is 5.56 Å². The van der Waals surface area contributed by atoms with Crippen LogP contribution >= 0.6 is 0 Å². The highest BCUT2D eigenvalue weighted by Gasteiger charge is 2.26. The molecule has 0 fully saturated rings. The van der Waals surface area contributed by atoms with Crippen molar-refractivity contribution in [2.75, 3.05) is 24.7 Å². The number of rotatable bonds is 5. The number of fused-ring (bicyclic) bond motifs is 1. The van der Waals surface area contributed by atoms with Gasteiger partial charge in [-0.2, -0.15) is 0 Å². The molecule has 0 N–H and O–H groups in total. The van der Waals surface area contributed by atoms with Crippen LogP contribution in [0.25, 0.3) is 0 Å². The molecule has 29 heavy (non-hydrogen) atoms. The Morgan fingerprint density at radius 1 is 1.07 bits per heavy atom. The molecule has 0 bridgehead atoms. The van der Waals surface area contributed by atoms with E-state index in [0.29, 0.717) is 17.0 Å². The van der Waals surface area contributed by atoms with E-state index in [-0.39, 0.29) is 43.3 Å². The van der Waals surface area contributed by atoms with E-state index in [4.69, 9.17) is 9.47 Å². The number of Topliss-reactive ketones (excluding diaryl/α,β-unsaturated/α-hetero) is 1. The molecule has 0 atom stereocenters. The van der Waals surface area contributed by atoms with Gasteiger partial charge in [0.1, 0.15) is 12.3 Å². The van der Waals surface area contributed by atoms with Crippen LogP contribution in [0.1, 0.15) is 43.1 Å². The second kappa shape index (κ2) is 8.47. The number of hydrogen-bond donors (Lipinski definition) is 0. The third-order valence-corrected chi connectivity index (χ3v) is 4.75. The predicted octanol–water partition coefficient (Wildman–Crippen LogP) is 3.53. The molecule has 6 nitrogen and oxygen atoms in total. The Morgan fingerprint density at radius 3 is 2.45 bits per heavy atom. The minimum absolute atomic E-state index is 0.00621. The SMILES string of the molecule is CC(C)(C)c1ccc(C(=O)COC(=O)CN2C(=O)CCOc3ccccc32)cc1. The van der Waals surface area contributed by atoms with Gasteiger partial charge in [0, 0.05) is 5.56 Å². The quantitative estimate of drug-likeness (QED) is 0.572. The standard InChI is InChI=1S/C23H25NO5/c1-23(2,3)17-10-8-16(9-11-17)19(25)15-29-22(27)14-24-18-6-4-5-7-20(18)28-13-12-21(24)26/h4-11H,12-15H2,1-3H3. The topological polar surface area (TPSA) is 72.9 Å². The molecular formula is C23H25NO5. The Kier molecular flexibility index (Phi) is 6.01. The molecule has 1 heterocycles. The molecule has 0 spiro atoms. The lowest BCUT2D eigenvalue weighted by molar-refractivity contribution is -0.141. The molecule has 1 aliphatic rings. The van der Waals surface area contributed by atoms with Gasteiger partial charge in [0.15, 0.2) is 12.4 Å². The molecule has 0 aromatic heterocycles. The summed E-state index contributed by atoms with van der Waals surface area (Å²) < 4.78 is 10.7. The van der Waals surface area contributed by atoms with Crippen molar-refractivity contribution in [2.24, 2.45) is 0 Å². The van der Waals surface area contributed by atoms with E-state index in [1.165, 1.54) is 4.90 Å². The van der Waals surface area contributed by atoms with Crippen LogP contribution in [-0.4, -0.2) is 37.4 Å². The first-order valence-corrected chi connectivity index (χ1v) is 9.57. The minimum Gasteiger partial charge on any atom is -0.491 e. The van der Waals surface area contributed by atoms with Gasteiger partial charge in [0.25, 0.3) is 0 Å². The molecule has 6 heteroatoms. The number of anilines is 1. The second-order valence-electron chi connectivity index (χ2n) is 7.96. The maximum absolute atomic E-state index is 12.4. The normalized spacial score (nSPS) is 13.9. The summed E-state index contributed by atoms with van der Waals surface area (Å²) in [5, 5.41) is 0. The monoisotopic (exact) mass is 395 g/mol. The first kappa shape index (κ1) is 20.6. The van der Waals surface area contributed by atoms with E-state index in [1.807, 2.05) is 12.1 Å². The minimum atomic E-state index is -0.644. The summed E-state index contributed by atoms with van der Waals surface area (Å²) in [5.41, 5.74) is 2.12. The van der Waals surface area contributed by atoms with Crippen molar-refractivity contribution in [2.45, 2.75) is 32.6 Å². The smallest absolute Gasteiger partial charge is 0.326 e. The zero-order valence-corrected chi connectivity index (χ0v) is 16.9. The van der Waals surface area contributed by atoms with Gasteiger partial charge in [0.2, 0.25) is 5.91 Å². The van der Waals surface area contributed by atoms with Crippen LogP contribution in [0.3, 0.4) is 0 Å². The number of carbonyl (C=O) groups is 3. The van der Waals surface area contributed by atoms with Crippen LogP contribution in [0, 0.1) is 0 Å². The van der Waals surface area contributed by atoms with Gasteiger partial charge < -0.3 is 9.47 Å². The Balaban J connectivity index is 1.61. The lowest BCUT2D eigenvalue weighted by atomic mass is 9.86. The average molecular weight is 395 g/mol. The summed E-state index contributed by atoms with van der Waals surface area (Å²) in [4.78, 5) is 38.3. The lowest BCUT2D eigenvalue weighted by Gasteiger charge is -2.20. The number of hydrogen-bond acceptors (Lipinski definition) is 5. The van der Waals surface area contributed by atoms with Crippen molar-refractivity contribution >= 4 is 23.3 Å². The van der Waals surface area contributed by atoms with Crippen molar-refractivity contribution in [3.05, 3.63) is 59.7 Å². The highest BCUT2D eigenvalue weighted by molar-refractivity contribution is 6.01. The fourth-order valence-electron chi connectivity index (χ4n) is 3.05. The maximum Gasteiger partial charge on any atom is 0.326 e. The van der Waals surface area contributed by atoms with E-state index < -0.39 is 5.97 Å². The molecular weight excluding hydrogens is 370 g/mol. The van der Waals surface area contributed by atoms with Gasteiger partial charge in [-0.1, -0.05) is 57.2 Å².